The maximum atomic E-state index is 13.2. The van der Waals surface area contributed by atoms with E-state index in [-0.39, 0.29) is 16.6 Å². The Morgan fingerprint density at radius 2 is 1.54 bits per heavy atom. The van der Waals surface area contributed by atoms with Crippen LogP contribution in [0.1, 0.15) is 38.8 Å². The molecule has 0 amide bonds. The molecule has 1 aliphatic rings. The molecule has 0 atom stereocenters. The van der Waals surface area contributed by atoms with E-state index in [1.165, 1.54) is 13.0 Å². The van der Waals surface area contributed by atoms with Crippen LogP contribution < -0.4 is 9.65 Å². The average Bonchev–Trinajstić information content (AvgIpc) is 2.60. The lowest BCUT2D eigenvalue weighted by Crippen LogP contribution is -2.41. The second-order valence-electron chi connectivity index (χ2n) is 7.05. The number of benzene rings is 1. The highest BCUT2D eigenvalue weighted by molar-refractivity contribution is 7.85. The molecule has 7 nitrogen and oxygen atoms in total. The van der Waals surface area contributed by atoms with Crippen LogP contribution in [0.5, 0.6) is 5.75 Å². The van der Waals surface area contributed by atoms with Crippen LogP contribution >= 0.6 is 0 Å². The van der Waals surface area contributed by atoms with E-state index in [0.717, 1.165) is 6.07 Å². The molecule has 1 fully saturated rings. The Hall–Kier alpha value is -1.24. The van der Waals surface area contributed by atoms with Crippen molar-refractivity contribution in [1.29, 1.82) is 0 Å². The summed E-state index contributed by atoms with van der Waals surface area (Å²) >= 11 is 0. The van der Waals surface area contributed by atoms with Gasteiger partial charge in [-0.25, -0.2) is 0 Å². The number of hydrogen-bond donors (Lipinski definition) is 0. The minimum atomic E-state index is -5.37. The lowest BCUT2D eigenvalue weighted by Gasteiger charge is -2.32. The van der Waals surface area contributed by atoms with Crippen molar-refractivity contribution in [3.8, 4) is 5.75 Å². The fourth-order valence-corrected chi connectivity index (χ4v) is 3.47. The molecule has 1 aliphatic heterocycles. The standard InChI is InChI=1S/C14H19BF2O7S2/c1-9-10(8-25(16,18)19)6-11(7-12(9)22-26(17,20)21)15-23-13(2,3)14(4,5)24-15/h6-7H,8H2,1-5H3. The molecule has 0 radical (unpaired) electrons. The van der Waals surface area contributed by atoms with Crippen LogP contribution in [0.3, 0.4) is 0 Å². The van der Waals surface area contributed by atoms with Gasteiger partial charge in [-0.15, -0.1) is 3.89 Å². The zero-order chi connectivity index (χ0) is 20.1. The Balaban J connectivity index is 2.56. The second-order valence-corrected chi connectivity index (χ2v) is 9.37. The van der Waals surface area contributed by atoms with E-state index in [1.54, 1.807) is 27.7 Å². The molecule has 1 heterocycles. The van der Waals surface area contributed by atoms with Gasteiger partial charge in [0.1, 0.15) is 11.5 Å². The van der Waals surface area contributed by atoms with E-state index < -0.39 is 50.6 Å². The summed E-state index contributed by atoms with van der Waals surface area (Å²) in [6.45, 7) is 8.39. The van der Waals surface area contributed by atoms with Crippen molar-refractivity contribution < 1.29 is 38.1 Å². The van der Waals surface area contributed by atoms with Gasteiger partial charge in [-0.05, 0) is 57.3 Å². The fourth-order valence-electron chi connectivity index (χ4n) is 2.41. The van der Waals surface area contributed by atoms with E-state index in [0.29, 0.717) is 0 Å². The maximum Gasteiger partial charge on any atom is 0.494 e. The highest BCUT2D eigenvalue weighted by atomic mass is 32.3. The smallest absolute Gasteiger partial charge is 0.399 e. The summed E-state index contributed by atoms with van der Waals surface area (Å²) in [6.07, 6.45) is 0. The number of hydrogen-bond acceptors (Lipinski definition) is 7. The van der Waals surface area contributed by atoms with Crippen molar-refractivity contribution in [1.82, 2.24) is 0 Å². The first kappa shape index (κ1) is 21.1. The Labute approximate surface area is 152 Å². The van der Waals surface area contributed by atoms with Crippen molar-refractivity contribution in [2.24, 2.45) is 0 Å². The molecular formula is C14H19BF2O7S2. The quantitative estimate of drug-likeness (QED) is 0.537. The third kappa shape index (κ3) is 4.73. The molecule has 146 valence electrons. The highest BCUT2D eigenvalue weighted by Gasteiger charge is 2.52. The summed E-state index contributed by atoms with van der Waals surface area (Å²) in [7, 11) is -11.3. The van der Waals surface area contributed by atoms with Crippen molar-refractivity contribution >= 4 is 33.3 Å². The first-order valence-corrected chi connectivity index (χ1v) is 10.4. The zero-order valence-corrected chi connectivity index (χ0v) is 16.5. The molecule has 1 saturated heterocycles. The topological polar surface area (TPSA) is 96.0 Å². The zero-order valence-electron chi connectivity index (χ0n) is 14.9. The first-order chi connectivity index (χ1) is 11.5. The van der Waals surface area contributed by atoms with E-state index in [1.807, 2.05) is 0 Å². The van der Waals surface area contributed by atoms with Crippen LogP contribution in [-0.4, -0.2) is 35.2 Å². The summed E-state index contributed by atoms with van der Waals surface area (Å²) in [5.74, 6) is -1.51. The molecule has 0 aliphatic carbocycles. The summed E-state index contributed by atoms with van der Waals surface area (Å²) in [5, 5.41) is 0. The number of rotatable bonds is 5. The van der Waals surface area contributed by atoms with Crippen LogP contribution in [0, 0.1) is 6.92 Å². The van der Waals surface area contributed by atoms with Gasteiger partial charge in [0.25, 0.3) is 0 Å². The minimum absolute atomic E-state index is 0.0345. The summed E-state index contributed by atoms with van der Waals surface area (Å²) in [5.41, 5.74) is -1.43. The summed E-state index contributed by atoms with van der Waals surface area (Å²) in [4.78, 5) is 0. The third-order valence-corrected chi connectivity index (χ3v) is 5.57. The van der Waals surface area contributed by atoms with Gasteiger partial charge in [-0.1, -0.05) is 9.95 Å². The van der Waals surface area contributed by atoms with E-state index in [2.05, 4.69) is 4.18 Å². The van der Waals surface area contributed by atoms with E-state index in [9.17, 15) is 24.6 Å². The molecule has 0 N–H and O–H groups in total. The van der Waals surface area contributed by atoms with E-state index in [4.69, 9.17) is 9.31 Å². The highest BCUT2D eigenvalue weighted by Crippen LogP contribution is 2.37. The lowest BCUT2D eigenvalue weighted by molar-refractivity contribution is 0.00578. The Bertz CT molecular complexity index is 856. The van der Waals surface area contributed by atoms with Crippen molar-refractivity contribution in [2.75, 3.05) is 0 Å². The predicted molar refractivity (Wildman–Crippen MR) is 91.3 cm³/mol. The van der Waals surface area contributed by atoms with Gasteiger partial charge in [-0.2, -0.15) is 16.8 Å². The molecule has 0 spiro atoms. The minimum Gasteiger partial charge on any atom is -0.399 e. The normalized spacial score (nSPS) is 19.6. The van der Waals surface area contributed by atoms with Gasteiger partial charge < -0.3 is 13.5 Å². The van der Waals surface area contributed by atoms with Gasteiger partial charge in [0.15, 0.2) is 0 Å². The van der Waals surface area contributed by atoms with Crippen LogP contribution in [0.4, 0.5) is 7.77 Å². The molecule has 0 bridgehead atoms. The predicted octanol–water partition coefficient (Wildman–Crippen LogP) is 1.69. The SMILES string of the molecule is Cc1c(CS(=O)(=O)F)cc(B2OC(C)(C)C(C)(C)O2)cc1OS(=O)(=O)F. The average molecular weight is 412 g/mol. The van der Waals surface area contributed by atoms with Gasteiger partial charge in [0.2, 0.25) is 0 Å². The van der Waals surface area contributed by atoms with Gasteiger partial charge in [0, 0.05) is 0 Å². The van der Waals surface area contributed by atoms with Crippen molar-refractivity contribution in [3.63, 3.8) is 0 Å². The molecule has 2 rings (SSSR count). The van der Waals surface area contributed by atoms with Crippen LogP contribution in [-0.2, 0) is 35.8 Å². The molecule has 0 unspecified atom stereocenters. The summed E-state index contributed by atoms with van der Waals surface area (Å²) < 4.78 is 85.7. The van der Waals surface area contributed by atoms with Crippen LogP contribution in [0.15, 0.2) is 12.1 Å². The van der Waals surface area contributed by atoms with E-state index >= 15 is 0 Å². The molecular weight excluding hydrogens is 393 g/mol. The van der Waals surface area contributed by atoms with Crippen LogP contribution in [0.25, 0.3) is 0 Å². The van der Waals surface area contributed by atoms with Gasteiger partial charge >= 0.3 is 27.8 Å². The molecule has 0 aromatic heterocycles. The Morgan fingerprint density at radius 3 is 1.96 bits per heavy atom. The van der Waals surface area contributed by atoms with Gasteiger partial charge in [0.05, 0.1) is 11.2 Å². The summed E-state index contributed by atoms with van der Waals surface area (Å²) in [6, 6.07) is 2.45. The third-order valence-electron chi connectivity index (χ3n) is 4.53. The molecule has 1 aromatic rings. The van der Waals surface area contributed by atoms with Crippen molar-refractivity contribution in [3.05, 3.63) is 23.3 Å². The Morgan fingerprint density at radius 1 is 1.04 bits per heavy atom. The van der Waals surface area contributed by atoms with Gasteiger partial charge in [-0.3, -0.25) is 0 Å². The maximum absolute atomic E-state index is 13.2. The largest absolute Gasteiger partial charge is 0.494 e. The fraction of sp³-hybridized carbons (Fsp3) is 0.571. The number of halogens is 2. The molecule has 26 heavy (non-hydrogen) atoms. The lowest BCUT2D eigenvalue weighted by atomic mass is 9.77. The van der Waals surface area contributed by atoms with Crippen LogP contribution in [0.2, 0.25) is 0 Å². The van der Waals surface area contributed by atoms with Crippen molar-refractivity contribution in [2.45, 2.75) is 51.6 Å². The first-order valence-electron chi connectivity index (χ1n) is 7.56. The monoisotopic (exact) mass is 412 g/mol. The Kier molecular flexibility index (Phi) is 5.21. The molecule has 12 heteroatoms. The molecule has 1 aromatic carbocycles. The molecule has 0 saturated carbocycles. The second kappa shape index (κ2) is 6.43.